The largest absolute Gasteiger partial charge is 0.377 e. The van der Waals surface area contributed by atoms with Crippen LogP contribution in [-0.4, -0.2) is 18.2 Å². The number of rotatable bonds is 3. The van der Waals surface area contributed by atoms with Gasteiger partial charge in [-0.2, -0.15) is 0 Å². The van der Waals surface area contributed by atoms with Crippen LogP contribution in [-0.2, 0) is 11.3 Å². The summed E-state index contributed by atoms with van der Waals surface area (Å²) in [6.07, 6.45) is 1.43. The zero-order valence-electron chi connectivity index (χ0n) is 9.67. The van der Waals surface area contributed by atoms with Crippen LogP contribution < -0.4 is 5.32 Å². The first-order valence-electron chi connectivity index (χ1n) is 5.51. The molecule has 1 aliphatic rings. The van der Waals surface area contributed by atoms with Crippen molar-refractivity contribution in [3.8, 4) is 0 Å². The van der Waals surface area contributed by atoms with Crippen LogP contribution in [0.15, 0.2) is 11.4 Å². The minimum Gasteiger partial charge on any atom is -0.377 e. The van der Waals surface area contributed by atoms with Gasteiger partial charge in [-0.15, -0.1) is 11.3 Å². The van der Waals surface area contributed by atoms with E-state index in [1.54, 1.807) is 0 Å². The maximum absolute atomic E-state index is 5.61. The Labute approximate surface area is 95.6 Å². The Morgan fingerprint density at radius 1 is 1.67 bits per heavy atom. The fourth-order valence-corrected chi connectivity index (χ4v) is 2.78. The molecule has 1 saturated heterocycles. The van der Waals surface area contributed by atoms with Gasteiger partial charge in [0.2, 0.25) is 0 Å². The number of nitrogens with one attached hydrogen (secondary N) is 1. The van der Waals surface area contributed by atoms with E-state index in [0.29, 0.717) is 6.10 Å². The van der Waals surface area contributed by atoms with Crippen molar-refractivity contribution in [1.29, 1.82) is 0 Å². The summed E-state index contributed by atoms with van der Waals surface area (Å²) < 4.78 is 5.61. The molecular formula is C12H19NOS. The van der Waals surface area contributed by atoms with Crippen LogP contribution in [0.25, 0.3) is 0 Å². The molecule has 0 saturated carbocycles. The molecule has 3 heteroatoms. The van der Waals surface area contributed by atoms with Crippen LogP contribution in [0.5, 0.6) is 0 Å². The molecule has 0 aliphatic carbocycles. The predicted molar refractivity (Wildman–Crippen MR) is 64.3 cm³/mol. The highest BCUT2D eigenvalue weighted by Gasteiger charge is 2.36. The molecule has 2 rings (SSSR count). The highest BCUT2D eigenvalue weighted by atomic mass is 32.1. The van der Waals surface area contributed by atoms with Crippen LogP contribution in [0.1, 0.15) is 30.7 Å². The molecule has 1 aliphatic heterocycles. The summed E-state index contributed by atoms with van der Waals surface area (Å²) in [5, 5.41) is 5.79. The molecule has 1 N–H and O–H groups in total. The lowest BCUT2D eigenvalue weighted by Gasteiger charge is -2.29. The van der Waals surface area contributed by atoms with Gasteiger partial charge in [-0.3, -0.25) is 0 Å². The zero-order chi connectivity index (χ0) is 10.9. The quantitative estimate of drug-likeness (QED) is 0.854. The average molecular weight is 225 g/mol. The van der Waals surface area contributed by atoms with Crippen LogP contribution in [0, 0.1) is 6.92 Å². The molecule has 0 amide bonds. The first-order chi connectivity index (χ1) is 7.12. The maximum atomic E-state index is 5.61. The summed E-state index contributed by atoms with van der Waals surface area (Å²) in [5.74, 6) is 0. The lowest BCUT2D eigenvalue weighted by molar-refractivity contribution is 0.0882. The molecule has 0 spiro atoms. The number of thiophene rings is 1. The first kappa shape index (κ1) is 11.1. The van der Waals surface area contributed by atoms with Crippen LogP contribution in [0.2, 0.25) is 0 Å². The second-order valence-corrected chi connectivity index (χ2v) is 5.56. The van der Waals surface area contributed by atoms with Gasteiger partial charge < -0.3 is 10.1 Å². The van der Waals surface area contributed by atoms with Crippen molar-refractivity contribution in [3.05, 3.63) is 21.9 Å². The summed E-state index contributed by atoms with van der Waals surface area (Å²) in [7, 11) is 0. The van der Waals surface area contributed by atoms with Crippen molar-refractivity contribution in [2.24, 2.45) is 0 Å². The Morgan fingerprint density at radius 2 is 2.47 bits per heavy atom. The molecule has 84 valence electrons. The van der Waals surface area contributed by atoms with Gasteiger partial charge in [0.1, 0.15) is 0 Å². The summed E-state index contributed by atoms with van der Waals surface area (Å²) >= 11 is 1.83. The van der Waals surface area contributed by atoms with Crippen molar-refractivity contribution >= 4 is 11.3 Å². The van der Waals surface area contributed by atoms with E-state index in [1.165, 1.54) is 10.4 Å². The molecule has 1 aromatic heterocycles. The number of hydrogen-bond donors (Lipinski definition) is 1. The fraction of sp³-hybridized carbons (Fsp3) is 0.667. The molecule has 0 radical (unpaired) electrons. The van der Waals surface area contributed by atoms with Crippen molar-refractivity contribution in [2.75, 3.05) is 6.61 Å². The van der Waals surface area contributed by atoms with Gasteiger partial charge in [-0.1, -0.05) is 0 Å². The molecular weight excluding hydrogens is 206 g/mol. The average Bonchev–Trinajstić information content (AvgIpc) is 2.73. The smallest absolute Gasteiger partial charge is 0.0726 e. The number of ether oxygens (including phenoxy) is 1. The monoisotopic (exact) mass is 225 g/mol. The minimum atomic E-state index is 0.149. The zero-order valence-corrected chi connectivity index (χ0v) is 10.5. The van der Waals surface area contributed by atoms with Crippen LogP contribution in [0.4, 0.5) is 0 Å². The molecule has 1 fully saturated rings. The molecule has 2 nitrogen and oxygen atoms in total. The van der Waals surface area contributed by atoms with Gasteiger partial charge in [0.25, 0.3) is 0 Å². The third-order valence-electron chi connectivity index (χ3n) is 3.51. The van der Waals surface area contributed by atoms with Gasteiger partial charge in [0, 0.05) is 23.6 Å². The Kier molecular flexibility index (Phi) is 3.14. The lowest BCUT2D eigenvalue weighted by Crippen LogP contribution is -2.47. The predicted octanol–water partition coefficient (Wildman–Crippen LogP) is 2.71. The molecule has 2 atom stereocenters. The van der Waals surface area contributed by atoms with Crippen molar-refractivity contribution in [1.82, 2.24) is 5.32 Å². The second-order valence-electron chi connectivity index (χ2n) is 4.56. The van der Waals surface area contributed by atoms with Crippen LogP contribution in [0.3, 0.4) is 0 Å². The summed E-state index contributed by atoms with van der Waals surface area (Å²) in [5.41, 5.74) is 1.54. The number of hydrogen-bond acceptors (Lipinski definition) is 3. The van der Waals surface area contributed by atoms with E-state index in [4.69, 9.17) is 4.74 Å². The first-order valence-corrected chi connectivity index (χ1v) is 6.39. The Bertz CT molecular complexity index is 336. The van der Waals surface area contributed by atoms with Gasteiger partial charge in [0.15, 0.2) is 0 Å². The molecule has 1 aromatic rings. The van der Waals surface area contributed by atoms with Gasteiger partial charge in [-0.05, 0) is 44.2 Å². The van der Waals surface area contributed by atoms with Crippen molar-refractivity contribution < 1.29 is 4.74 Å². The third-order valence-corrected chi connectivity index (χ3v) is 4.53. The van der Waals surface area contributed by atoms with Gasteiger partial charge in [0.05, 0.1) is 6.10 Å². The van der Waals surface area contributed by atoms with E-state index >= 15 is 0 Å². The van der Waals surface area contributed by atoms with E-state index in [0.717, 1.165) is 19.6 Å². The molecule has 2 unspecified atom stereocenters. The topological polar surface area (TPSA) is 21.3 Å². The fourth-order valence-electron chi connectivity index (χ4n) is 1.93. The minimum absolute atomic E-state index is 0.149. The molecule has 0 bridgehead atoms. The van der Waals surface area contributed by atoms with Crippen molar-refractivity contribution in [2.45, 2.75) is 45.4 Å². The van der Waals surface area contributed by atoms with Crippen LogP contribution >= 0.6 is 11.3 Å². The maximum Gasteiger partial charge on any atom is 0.0726 e. The van der Waals surface area contributed by atoms with E-state index < -0.39 is 0 Å². The molecule has 2 heterocycles. The Balaban J connectivity index is 1.96. The van der Waals surface area contributed by atoms with Crippen molar-refractivity contribution in [3.63, 3.8) is 0 Å². The normalized spacial score (nSPS) is 31.0. The van der Waals surface area contributed by atoms with Gasteiger partial charge in [-0.25, -0.2) is 0 Å². The summed E-state index contributed by atoms with van der Waals surface area (Å²) in [4.78, 5) is 1.44. The van der Waals surface area contributed by atoms with Gasteiger partial charge >= 0.3 is 0 Å². The second kappa shape index (κ2) is 4.24. The summed E-state index contributed by atoms with van der Waals surface area (Å²) in [6.45, 7) is 8.43. The molecule has 0 aromatic carbocycles. The third kappa shape index (κ3) is 2.25. The summed E-state index contributed by atoms with van der Waals surface area (Å²) in [6, 6.07) is 2.18. The highest BCUT2D eigenvalue weighted by molar-refractivity contribution is 7.10. The Morgan fingerprint density at radius 3 is 3.00 bits per heavy atom. The number of aryl methyl sites for hydroxylation is 1. The SMILES string of the molecule is Cc1ccsc1CNC1(C)CCOC1C. The van der Waals surface area contributed by atoms with E-state index in [2.05, 4.69) is 37.5 Å². The standard InChI is InChI=1S/C12H19NOS/c1-9-4-7-15-11(9)8-13-12(3)5-6-14-10(12)2/h4,7,10,13H,5-6,8H2,1-3H3. The Hall–Kier alpha value is -0.380. The van der Waals surface area contributed by atoms with E-state index in [-0.39, 0.29) is 5.54 Å². The van der Waals surface area contributed by atoms with E-state index in [1.807, 2.05) is 11.3 Å². The highest BCUT2D eigenvalue weighted by Crippen LogP contribution is 2.26. The van der Waals surface area contributed by atoms with E-state index in [9.17, 15) is 0 Å². The lowest BCUT2D eigenvalue weighted by atomic mass is 9.94. The molecule has 15 heavy (non-hydrogen) atoms.